The van der Waals surface area contributed by atoms with Crippen LogP contribution in [-0.2, 0) is 14.8 Å². The maximum atomic E-state index is 12.7. The average Bonchev–Trinajstić information content (AvgIpc) is 2.76. The summed E-state index contributed by atoms with van der Waals surface area (Å²) in [6.45, 7) is 4.94. The number of hydrogen-bond acceptors (Lipinski definition) is 6. The minimum Gasteiger partial charge on any atom is -0.508 e. The van der Waals surface area contributed by atoms with Crippen LogP contribution in [0, 0.1) is 0 Å². The van der Waals surface area contributed by atoms with E-state index in [2.05, 4.69) is 4.72 Å². The molecule has 1 aliphatic rings. The molecule has 1 amide bonds. The zero-order chi connectivity index (χ0) is 22.4. The summed E-state index contributed by atoms with van der Waals surface area (Å²) in [5.41, 5.74) is 0. The van der Waals surface area contributed by atoms with E-state index < -0.39 is 16.1 Å². The third-order valence-corrected chi connectivity index (χ3v) is 6.61. The van der Waals surface area contributed by atoms with Crippen molar-refractivity contribution < 1.29 is 27.8 Å². The number of likely N-dealkylation sites (tertiary alicyclic amines) is 1. The fourth-order valence-electron chi connectivity index (χ4n) is 3.42. The summed E-state index contributed by atoms with van der Waals surface area (Å²) in [5.74, 6) is 1.09. The first kappa shape index (κ1) is 22.9. The summed E-state index contributed by atoms with van der Waals surface area (Å²) in [7, 11) is -3.64. The lowest BCUT2D eigenvalue weighted by atomic mass is 10.1. The van der Waals surface area contributed by atoms with Crippen molar-refractivity contribution in [1.82, 2.24) is 9.62 Å². The van der Waals surface area contributed by atoms with Crippen LogP contribution in [0.15, 0.2) is 53.4 Å². The quantitative estimate of drug-likeness (QED) is 0.643. The first-order valence-corrected chi connectivity index (χ1v) is 11.8. The molecule has 0 radical (unpaired) electrons. The van der Waals surface area contributed by atoms with E-state index in [1.165, 1.54) is 24.3 Å². The normalized spacial score (nSPS) is 16.0. The van der Waals surface area contributed by atoms with Crippen LogP contribution in [0.4, 0.5) is 0 Å². The van der Waals surface area contributed by atoms with Crippen LogP contribution in [0.25, 0.3) is 0 Å². The highest BCUT2D eigenvalue weighted by atomic mass is 32.2. The van der Waals surface area contributed by atoms with Gasteiger partial charge in [-0.3, -0.25) is 4.79 Å². The predicted octanol–water partition coefficient (Wildman–Crippen LogP) is 2.53. The average molecular weight is 449 g/mol. The van der Waals surface area contributed by atoms with Crippen molar-refractivity contribution >= 4 is 15.9 Å². The van der Waals surface area contributed by atoms with E-state index in [9.17, 15) is 18.3 Å². The third kappa shape index (κ3) is 6.11. The van der Waals surface area contributed by atoms with E-state index >= 15 is 0 Å². The predicted molar refractivity (Wildman–Crippen MR) is 116 cm³/mol. The van der Waals surface area contributed by atoms with E-state index in [-0.39, 0.29) is 22.6 Å². The standard InChI is InChI=1S/C22H28N2O6S/c1-3-29-19-8-10-21(11-9-19)31(27,28)23-17-12-14-24(15-13-17)22(26)16(2)30-20-6-4-18(25)5-7-20/h4-11,16-17,23,25H,3,12-15H2,1-2H3. The molecule has 1 atom stereocenters. The summed E-state index contributed by atoms with van der Waals surface area (Å²) in [6, 6.07) is 12.3. The van der Waals surface area contributed by atoms with Crippen LogP contribution in [0.2, 0.25) is 0 Å². The molecule has 1 heterocycles. The molecule has 0 spiro atoms. The van der Waals surface area contributed by atoms with Crippen LogP contribution in [-0.4, -0.2) is 56.2 Å². The number of hydrogen-bond donors (Lipinski definition) is 2. The molecule has 0 bridgehead atoms. The molecule has 0 aliphatic carbocycles. The molecule has 0 saturated carbocycles. The van der Waals surface area contributed by atoms with Crippen LogP contribution in [0.5, 0.6) is 17.2 Å². The monoisotopic (exact) mass is 448 g/mol. The van der Waals surface area contributed by atoms with Gasteiger partial charge in [-0.05, 0) is 75.2 Å². The molecule has 1 saturated heterocycles. The highest BCUT2D eigenvalue weighted by molar-refractivity contribution is 7.89. The van der Waals surface area contributed by atoms with Gasteiger partial charge in [0.2, 0.25) is 10.0 Å². The lowest BCUT2D eigenvalue weighted by molar-refractivity contribution is -0.139. The minimum atomic E-state index is -3.64. The second kappa shape index (κ2) is 10.0. The van der Waals surface area contributed by atoms with Crippen LogP contribution < -0.4 is 14.2 Å². The first-order chi connectivity index (χ1) is 14.8. The zero-order valence-electron chi connectivity index (χ0n) is 17.7. The number of rotatable bonds is 8. The number of phenols is 1. The molecule has 2 N–H and O–H groups in total. The topological polar surface area (TPSA) is 105 Å². The smallest absolute Gasteiger partial charge is 0.263 e. The van der Waals surface area contributed by atoms with E-state index in [0.29, 0.717) is 44.0 Å². The summed E-state index contributed by atoms with van der Waals surface area (Å²) >= 11 is 0. The lowest BCUT2D eigenvalue weighted by Crippen LogP contribution is -2.49. The number of phenolic OH excluding ortho intramolecular Hbond substituents is 1. The Morgan fingerprint density at radius 3 is 2.26 bits per heavy atom. The SMILES string of the molecule is CCOc1ccc(S(=O)(=O)NC2CCN(C(=O)C(C)Oc3ccc(O)cc3)CC2)cc1. The van der Waals surface area contributed by atoms with Crippen molar-refractivity contribution in [3.63, 3.8) is 0 Å². The molecule has 1 fully saturated rings. The Hall–Kier alpha value is -2.78. The molecule has 2 aromatic carbocycles. The van der Waals surface area contributed by atoms with Gasteiger partial charge in [0.05, 0.1) is 11.5 Å². The highest BCUT2D eigenvalue weighted by Gasteiger charge is 2.29. The van der Waals surface area contributed by atoms with Crippen molar-refractivity contribution in [2.45, 2.75) is 43.7 Å². The molecule has 3 rings (SSSR count). The first-order valence-electron chi connectivity index (χ1n) is 10.3. The van der Waals surface area contributed by atoms with Gasteiger partial charge in [0.15, 0.2) is 6.10 Å². The Morgan fingerprint density at radius 1 is 1.10 bits per heavy atom. The van der Waals surface area contributed by atoms with Gasteiger partial charge in [-0.1, -0.05) is 0 Å². The third-order valence-electron chi connectivity index (χ3n) is 5.07. The number of sulfonamides is 1. The maximum absolute atomic E-state index is 12.7. The number of ether oxygens (including phenoxy) is 2. The molecule has 2 aromatic rings. The molecule has 168 valence electrons. The van der Waals surface area contributed by atoms with E-state index in [0.717, 1.165) is 0 Å². The molecule has 1 unspecified atom stereocenters. The summed E-state index contributed by atoms with van der Waals surface area (Å²) < 4.78 is 39.0. The number of carbonyl (C=O) groups is 1. The van der Waals surface area contributed by atoms with Gasteiger partial charge in [-0.2, -0.15) is 0 Å². The van der Waals surface area contributed by atoms with Gasteiger partial charge >= 0.3 is 0 Å². The molecule has 0 aromatic heterocycles. The fourth-order valence-corrected chi connectivity index (χ4v) is 4.73. The van der Waals surface area contributed by atoms with E-state index in [4.69, 9.17) is 9.47 Å². The van der Waals surface area contributed by atoms with Crippen molar-refractivity contribution in [2.24, 2.45) is 0 Å². The number of nitrogens with one attached hydrogen (secondary N) is 1. The molecule has 9 heteroatoms. The molecular weight excluding hydrogens is 420 g/mol. The van der Waals surface area contributed by atoms with Crippen molar-refractivity contribution in [3.8, 4) is 17.2 Å². The van der Waals surface area contributed by atoms with Gasteiger partial charge in [-0.25, -0.2) is 13.1 Å². The minimum absolute atomic E-state index is 0.126. The Labute approximate surface area is 182 Å². The fraction of sp³-hybridized carbons (Fsp3) is 0.409. The summed E-state index contributed by atoms with van der Waals surface area (Å²) in [6.07, 6.45) is 0.364. The second-order valence-electron chi connectivity index (χ2n) is 7.38. The highest BCUT2D eigenvalue weighted by Crippen LogP contribution is 2.21. The number of amides is 1. The van der Waals surface area contributed by atoms with E-state index in [1.54, 1.807) is 36.1 Å². The van der Waals surface area contributed by atoms with Gasteiger partial charge in [0.1, 0.15) is 17.2 Å². The van der Waals surface area contributed by atoms with Gasteiger partial charge in [-0.15, -0.1) is 0 Å². The largest absolute Gasteiger partial charge is 0.508 e. The summed E-state index contributed by atoms with van der Waals surface area (Å²) in [5, 5.41) is 9.33. The van der Waals surface area contributed by atoms with Gasteiger partial charge < -0.3 is 19.5 Å². The van der Waals surface area contributed by atoms with Gasteiger partial charge in [0.25, 0.3) is 5.91 Å². The Bertz CT molecular complexity index is 968. The number of carbonyl (C=O) groups excluding carboxylic acids is 1. The lowest BCUT2D eigenvalue weighted by Gasteiger charge is -2.33. The van der Waals surface area contributed by atoms with Crippen LogP contribution in [0.3, 0.4) is 0 Å². The molecule has 1 aliphatic heterocycles. The Kier molecular flexibility index (Phi) is 7.40. The van der Waals surface area contributed by atoms with Crippen LogP contribution >= 0.6 is 0 Å². The number of benzene rings is 2. The molecule has 8 nitrogen and oxygen atoms in total. The number of piperidine rings is 1. The Balaban J connectivity index is 1.51. The number of aromatic hydroxyl groups is 1. The zero-order valence-corrected chi connectivity index (χ0v) is 18.5. The maximum Gasteiger partial charge on any atom is 0.263 e. The second-order valence-corrected chi connectivity index (χ2v) is 9.09. The van der Waals surface area contributed by atoms with E-state index in [1.807, 2.05) is 6.92 Å². The van der Waals surface area contributed by atoms with Crippen molar-refractivity contribution in [3.05, 3.63) is 48.5 Å². The number of nitrogens with zero attached hydrogens (tertiary/aromatic N) is 1. The molecular formula is C22H28N2O6S. The van der Waals surface area contributed by atoms with Gasteiger partial charge in [0, 0.05) is 19.1 Å². The van der Waals surface area contributed by atoms with Crippen molar-refractivity contribution in [2.75, 3.05) is 19.7 Å². The van der Waals surface area contributed by atoms with Crippen molar-refractivity contribution in [1.29, 1.82) is 0 Å². The molecule has 31 heavy (non-hydrogen) atoms. The summed E-state index contributed by atoms with van der Waals surface area (Å²) in [4.78, 5) is 14.5. The Morgan fingerprint density at radius 2 is 1.68 bits per heavy atom. The van der Waals surface area contributed by atoms with Crippen LogP contribution in [0.1, 0.15) is 26.7 Å².